The van der Waals surface area contributed by atoms with Gasteiger partial charge in [0.25, 0.3) is 0 Å². The van der Waals surface area contributed by atoms with Crippen molar-refractivity contribution < 1.29 is 4.79 Å². The van der Waals surface area contributed by atoms with Gasteiger partial charge in [-0.1, -0.05) is 18.9 Å². The van der Waals surface area contributed by atoms with Crippen molar-refractivity contribution in [3.05, 3.63) is 30.1 Å². The number of guanidine groups is 1. The summed E-state index contributed by atoms with van der Waals surface area (Å²) in [6.07, 6.45) is 6.54. The zero-order valence-electron chi connectivity index (χ0n) is 14.1. The van der Waals surface area contributed by atoms with Gasteiger partial charge >= 0.3 is 0 Å². The number of pyridine rings is 1. The number of rotatable bonds is 6. The molecule has 1 fully saturated rings. The Hall–Kier alpha value is -2.11. The van der Waals surface area contributed by atoms with Gasteiger partial charge < -0.3 is 16.0 Å². The predicted octanol–water partition coefficient (Wildman–Crippen LogP) is 1.18. The molecule has 6 nitrogen and oxygen atoms in total. The zero-order valence-corrected chi connectivity index (χ0v) is 14.1. The number of hydrogen-bond acceptors (Lipinski definition) is 3. The largest absolute Gasteiger partial charge is 0.370 e. The summed E-state index contributed by atoms with van der Waals surface area (Å²) in [5.41, 5.74) is 6.60. The molecule has 1 saturated carbocycles. The van der Waals surface area contributed by atoms with E-state index in [-0.39, 0.29) is 11.3 Å². The SMILES string of the molecule is CN(C)C(=O)C1(CN=C(N)NCCc2ccccn2)CCCC1. The van der Waals surface area contributed by atoms with Gasteiger partial charge in [-0.25, -0.2) is 0 Å². The normalized spacial score (nSPS) is 17.0. The van der Waals surface area contributed by atoms with Crippen LogP contribution in [0.15, 0.2) is 29.4 Å². The van der Waals surface area contributed by atoms with Gasteiger partial charge in [-0.15, -0.1) is 0 Å². The number of aliphatic imine (C=N–C) groups is 1. The number of amides is 1. The summed E-state index contributed by atoms with van der Waals surface area (Å²) in [6.45, 7) is 1.15. The minimum Gasteiger partial charge on any atom is -0.370 e. The Kier molecular flexibility index (Phi) is 5.96. The maximum absolute atomic E-state index is 12.5. The van der Waals surface area contributed by atoms with Gasteiger partial charge in [0, 0.05) is 39.0 Å². The lowest BCUT2D eigenvalue weighted by atomic mass is 9.85. The molecule has 2 rings (SSSR count). The first kappa shape index (κ1) is 17.2. The Labute approximate surface area is 138 Å². The van der Waals surface area contributed by atoms with Crippen molar-refractivity contribution in [2.75, 3.05) is 27.2 Å². The van der Waals surface area contributed by atoms with E-state index in [1.165, 1.54) is 0 Å². The van der Waals surface area contributed by atoms with Crippen molar-refractivity contribution in [2.45, 2.75) is 32.1 Å². The van der Waals surface area contributed by atoms with Gasteiger partial charge in [-0.05, 0) is 25.0 Å². The van der Waals surface area contributed by atoms with E-state index in [4.69, 9.17) is 5.73 Å². The van der Waals surface area contributed by atoms with E-state index < -0.39 is 0 Å². The third-order valence-corrected chi connectivity index (χ3v) is 4.39. The molecule has 6 heteroatoms. The number of carbonyl (C=O) groups excluding carboxylic acids is 1. The summed E-state index contributed by atoms with van der Waals surface area (Å²) < 4.78 is 0. The molecule has 1 aromatic heterocycles. The summed E-state index contributed by atoms with van der Waals surface area (Å²) in [7, 11) is 3.61. The molecule has 0 radical (unpaired) electrons. The molecular weight excluding hydrogens is 290 g/mol. The van der Waals surface area contributed by atoms with Crippen molar-refractivity contribution in [3.63, 3.8) is 0 Å². The van der Waals surface area contributed by atoms with Gasteiger partial charge in [-0.3, -0.25) is 14.8 Å². The lowest BCUT2D eigenvalue weighted by Gasteiger charge is -2.29. The highest BCUT2D eigenvalue weighted by Gasteiger charge is 2.41. The Morgan fingerprint density at radius 3 is 2.74 bits per heavy atom. The van der Waals surface area contributed by atoms with Crippen LogP contribution in [-0.4, -0.2) is 48.9 Å². The van der Waals surface area contributed by atoms with E-state index in [9.17, 15) is 4.79 Å². The van der Waals surface area contributed by atoms with Crippen LogP contribution in [0.2, 0.25) is 0 Å². The van der Waals surface area contributed by atoms with Crippen LogP contribution in [0.4, 0.5) is 0 Å². The first-order valence-corrected chi connectivity index (χ1v) is 8.19. The van der Waals surface area contributed by atoms with Crippen LogP contribution in [0.5, 0.6) is 0 Å². The van der Waals surface area contributed by atoms with Crippen molar-refractivity contribution >= 4 is 11.9 Å². The highest BCUT2D eigenvalue weighted by Crippen LogP contribution is 2.39. The fourth-order valence-electron chi connectivity index (χ4n) is 3.12. The van der Waals surface area contributed by atoms with Crippen LogP contribution in [0, 0.1) is 5.41 Å². The average molecular weight is 317 g/mol. The van der Waals surface area contributed by atoms with E-state index >= 15 is 0 Å². The Balaban J connectivity index is 1.86. The minimum atomic E-state index is -0.364. The third kappa shape index (κ3) is 4.68. The maximum atomic E-state index is 12.5. The van der Waals surface area contributed by atoms with E-state index in [2.05, 4.69) is 15.3 Å². The van der Waals surface area contributed by atoms with Gasteiger partial charge in [-0.2, -0.15) is 0 Å². The molecule has 0 bridgehead atoms. The molecule has 0 unspecified atom stereocenters. The number of hydrogen-bond donors (Lipinski definition) is 2. The van der Waals surface area contributed by atoms with E-state index in [1.54, 1.807) is 25.2 Å². The number of aromatic nitrogens is 1. The summed E-state index contributed by atoms with van der Waals surface area (Å²) in [6, 6.07) is 5.85. The van der Waals surface area contributed by atoms with Gasteiger partial charge in [0.2, 0.25) is 5.91 Å². The highest BCUT2D eigenvalue weighted by atomic mass is 16.2. The summed E-state index contributed by atoms with van der Waals surface area (Å²) in [5, 5.41) is 3.10. The van der Waals surface area contributed by atoms with Gasteiger partial charge in [0.15, 0.2) is 5.96 Å². The summed E-state index contributed by atoms with van der Waals surface area (Å²) in [4.78, 5) is 22.8. The number of carbonyl (C=O) groups is 1. The second-order valence-electron chi connectivity index (χ2n) is 6.39. The Morgan fingerprint density at radius 2 is 2.13 bits per heavy atom. The molecule has 126 valence electrons. The van der Waals surface area contributed by atoms with Crippen LogP contribution in [0.3, 0.4) is 0 Å². The lowest BCUT2D eigenvalue weighted by Crippen LogP contribution is -2.42. The molecule has 0 aromatic carbocycles. The maximum Gasteiger partial charge on any atom is 0.230 e. The van der Waals surface area contributed by atoms with E-state index in [1.807, 2.05) is 18.2 Å². The fraction of sp³-hybridized carbons (Fsp3) is 0.588. The standard InChI is InChI=1S/C17H27N5O/c1-22(2)15(23)17(9-4-5-10-17)13-21-16(18)20-12-8-14-7-3-6-11-19-14/h3,6-7,11H,4-5,8-10,12-13H2,1-2H3,(H3,18,20,21). The fourth-order valence-corrected chi connectivity index (χ4v) is 3.12. The van der Waals surface area contributed by atoms with Crippen LogP contribution in [0.1, 0.15) is 31.4 Å². The van der Waals surface area contributed by atoms with Crippen molar-refractivity contribution in [1.82, 2.24) is 15.2 Å². The molecular formula is C17H27N5O. The summed E-state index contributed by atoms with van der Waals surface area (Å²) in [5.74, 6) is 0.568. The average Bonchev–Trinajstić information content (AvgIpc) is 3.03. The highest BCUT2D eigenvalue weighted by molar-refractivity contribution is 5.84. The first-order valence-electron chi connectivity index (χ1n) is 8.19. The topological polar surface area (TPSA) is 83.6 Å². The van der Waals surface area contributed by atoms with Crippen LogP contribution in [0.25, 0.3) is 0 Å². The van der Waals surface area contributed by atoms with Crippen LogP contribution < -0.4 is 11.1 Å². The minimum absolute atomic E-state index is 0.167. The van der Waals surface area contributed by atoms with E-state index in [0.717, 1.165) is 37.8 Å². The molecule has 3 N–H and O–H groups in total. The van der Waals surface area contributed by atoms with Crippen molar-refractivity contribution in [1.29, 1.82) is 0 Å². The molecule has 23 heavy (non-hydrogen) atoms. The lowest BCUT2D eigenvalue weighted by molar-refractivity contribution is -0.138. The predicted molar refractivity (Wildman–Crippen MR) is 92.0 cm³/mol. The summed E-state index contributed by atoms with van der Waals surface area (Å²) >= 11 is 0. The first-order chi connectivity index (χ1) is 11.0. The molecule has 1 heterocycles. The number of nitrogens with zero attached hydrogens (tertiary/aromatic N) is 3. The molecule has 1 aromatic rings. The quantitative estimate of drug-likeness (QED) is 0.609. The molecule has 0 aliphatic heterocycles. The van der Waals surface area contributed by atoms with Gasteiger partial charge in [0.05, 0.1) is 12.0 Å². The Morgan fingerprint density at radius 1 is 1.39 bits per heavy atom. The van der Waals surface area contributed by atoms with Crippen molar-refractivity contribution in [2.24, 2.45) is 16.1 Å². The molecule has 1 aliphatic rings. The molecule has 0 saturated heterocycles. The zero-order chi connectivity index (χ0) is 16.7. The molecule has 0 atom stereocenters. The Bertz CT molecular complexity index is 535. The molecule has 1 amide bonds. The monoisotopic (exact) mass is 317 g/mol. The van der Waals surface area contributed by atoms with Crippen LogP contribution >= 0.6 is 0 Å². The van der Waals surface area contributed by atoms with Gasteiger partial charge in [0.1, 0.15) is 0 Å². The van der Waals surface area contributed by atoms with E-state index in [0.29, 0.717) is 19.0 Å². The molecule has 1 aliphatic carbocycles. The number of nitrogens with two attached hydrogens (primary N) is 1. The second-order valence-corrected chi connectivity index (χ2v) is 6.39. The van der Waals surface area contributed by atoms with Crippen LogP contribution in [-0.2, 0) is 11.2 Å². The molecule has 0 spiro atoms. The van der Waals surface area contributed by atoms with Crippen molar-refractivity contribution in [3.8, 4) is 0 Å². The smallest absolute Gasteiger partial charge is 0.230 e. The number of nitrogens with one attached hydrogen (secondary N) is 1. The second kappa shape index (κ2) is 7.94. The third-order valence-electron chi connectivity index (χ3n) is 4.39.